The van der Waals surface area contributed by atoms with E-state index in [9.17, 15) is 4.79 Å². The molecule has 0 atom stereocenters. The molecule has 4 nitrogen and oxygen atoms in total. The minimum absolute atomic E-state index is 0.116. The van der Waals surface area contributed by atoms with Gasteiger partial charge in [0.25, 0.3) is 0 Å². The lowest BCUT2D eigenvalue weighted by molar-refractivity contribution is -0.136. The molecule has 0 saturated heterocycles. The van der Waals surface area contributed by atoms with E-state index in [1.54, 1.807) is 0 Å². The summed E-state index contributed by atoms with van der Waals surface area (Å²) in [5.74, 6) is 0.0309. The summed E-state index contributed by atoms with van der Waals surface area (Å²) in [5.41, 5.74) is 0. The van der Waals surface area contributed by atoms with Crippen molar-refractivity contribution in [3.63, 3.8) is 0 Å². The average Bonchev–Trinajstić information content (AvgIpc) is 2.52. The lowest BCUT2D eigenvalue weighted by Gasteiger charge is -2.00. The van der Waals surface area contributed by atoms with Crippen LogP contribution in [-0.4, -0.2) is 31.6 Å². The molecule has 0 N–H and O–H groups in total. The molecule has 0 unspecified atom stereocenters. The summed E-state index contributed by atoms with van der Waals surface area (Å²) < 4.78 is 9.65. The Bertz CT molecular complexity index is 198. The van der Waals surface area contributed by atoms with E-state index in [0.29, 0.717) is 19.0 Å². The fraction of sp³-hybridized carbons (Fsp3) is 0.429. The minimum atomic E-state index is -0.455. The third-order valence-corrected chi connectivity index (χ3v) is 1.15. The Morgan fingerprint density at radius 3 is 3.27 bits per heavy atom. The Morgan fingerprint density at radius 2 is 2.73 bits per heavy atom. The van der Waals surface area contributed by atoms with Crippen LogP contribution in [0.25, 0.3) is 0 Å². The van der Waals surface area contributed by atoms with Crippen molar-refractivity contribution in [2.24, 2.45) is 4.99 Å². The lowest BCUT2D eigenvalue weighted by atomic mass is 10.6. The quantitative estimate of drug-likeness (QED) is 0.430. The second kappa shape index (κ2) is 3.75. The first-order chi connectivity index (χ1) is 5.33. The van der Waals surface area contributed by atoms with Crippen molar-refractivity contribution in [3.8, 4) is 0 Å². The van der Waals surface area contributed by atoms with Gasteiger partial charge in [0.15, 0.2) is 6.61 Å². The molecule has 60 valence electrons. The van der Waals surface area contributed by atoms with Gasteiger partial charge in [0.05, 0.1) is 6.54 Å². The van der Waals surface area contributed by atoms with Gasteiger partial charge in [-0.3, -0.25) is 0 Å². The first-order valence-corrected chi connectivity index (χ1v) is 3.28. The van der Waals surface area contributed by atoms with Crippen molar-refractivity contribution in [1.82, 2.24) is 0 Å². The fourth-order valence-corrected chi connectivity index (χ4v) is 0.659. The molecule has 1 heterocycles. The van der Waals surface area contributed by atoms with Crippen LogP contribution < -0.4 is 0 Å². The number of hydrogen-bond donors (Lipinski definition) is 0. The fourth-order valence-electron chi connectivity index (χ4n) is 0.659. The molecule has 0 aromatic carbocycles. The highest BCUT2D eigenvalue weighted by Gasteiger charge is 2.08. The molecule has 0 radical (unpaired) electrons. The number of aliphatic imine (C=N–C) groups is 1. The number of esters is 1. The molecular formula is C7H9NO3. The maximum atomic E-state index is 10.5. The molecule has 1 rings (SSSR count). The number of rotatable bonds is 3. The average molecular weight is 155 g/mol. The van der Waals surface area contributed by atoms with Gasteiger partial charge in [-0.15, -0.1) is 0 Å². The Morgan fingerprint density at radius 1 is 1.91 bits per heavy atom. The third-order valence-electron chi connectivity index (χ3n) is 1.15. The van der Waals surface area contributed by atoms with Crippen molar-refractivity contribution in [3.05, 3.63) is 12.7 Å². The summed E-state index contributed by atoms with van der Waals surface area (Å²) in [6.07, 6.45) is 1.11. The van der Waals surface area contributed by atoms with Gasteiger partial charge in [-0.1, -0.05) is 6.58 Å². The molecule has 0 bridgehead atoms. The van der Waals surface area contributed by atoms with E-state index in [2.05, 4.69) is 16.3 Å². The monoisotopic (exact) mass is 155 g/mol. The van der Waals surface area contributed by atoms with Crippen LogP contribution in [0.5, 0.6) is 0 Å². The predicted octanol–water partition coefficient (Wildman–Crippen LogP) is 0.144. The van der Waals surface area contributed by atoms with Crippen molar-refractivity contribution in [1.29, 1.82) is 0 Å². The Kier molecular flexibility index (Phi) is 2.66. The van der Waals surface area contributed by atoms with Crippen LogP contribution in [0.1, 0.15) is 0 Å². The van der Waals surface area contributed by atoms with Crippen LogP contribution in [0.2, 0.25) is 0 Å². The standard InChI is InChI=1S/C7H9NO3/c1-2-7(9)11-5-6-8-3-4-10-6/h2H,1,3-5H2. The van der Waals surface area contributed by atoms with Gasteiger partial charge in [-0.05, 0) is 0 Å². The van der Waals surface area contributed by atoms with E-state index in [1.807, 2.05) is 0 Å². The van der Waals surface area contributed by atoms with Gasteiger partial charge >= 0.3 is 5.97 Å². The maximum Gasteiger partial charge on any atom is 0.330 e. The van der Waals surface area contributed by atoms with E-state index in [4.69, 9.17) is 4.74 Å². The van der Waals surface area contributed by atoms with Gasteiger partial charge in [-0.25, -0.2) is 9.79 Å². The lowest BCUT2D eigenvalue weighted by Crippen LogP contribution is -2.12. The van der Waals surface area contributed by atoms with Gasteiger partial charge in [0, 0.05) is 6.08 Å². The van der Waals surface area contributed by atoms with E-state index in [1.165, 1.54) is 0 Å². The Hall–Kier alpha value is -1.32. The summed E-state index contributed by atoms with van der Waals surface area (Å²) in [4.78, 5) is 14.4. The zero-order valence-electron chi connectivity index (χ0n) is 6.08. The molecule has 11 heavy (non-hydrogen) atoms. The van der Waals surface area contributed by atoms with Crippen LogP contribution in [0.3, 0.4) is 0 Å². The van der Waals surface area contributed by atoms with Crippen LogP contribution in [0.15, 0.2) is 17.6 Å². The molecule has 0 spiro atoms. The van der Waals surface area contributed by atoms with E-state index in [-0.39, 0.29) is 6.61 Å². The minimum Gasteiger partial charge on any atom is -0.477 e. The van der Waals surface area contributed by atoms with Crippen molar-refractivity contribution in [2.45, 2.75) is 0 Å². The zero-order valence-corrected chi connectivity index (χ0v) is 6.08. The molecule has 0 fully saturated rings. The number of carbonyl (C=O) groups excluding carboxylic acids is 1. The van der Waals surface area contributed by atoms with Crippen molar-refractivity contribution >= 4 is 11.9 Å². The van der Waals surface area contributed by atoms with E-state index >= 15 is 0 Å². The maximum absolute atomic E-state index is 10.5. The van der Waals surface area contributed by atoms with Gasteiger partial charge in [-0.2, -0.15) is 0 Å². The SMILES string of the molecule is C=CC(=O)OCC1=NCCO1. The largest absolute Gasteiger partial charge is 0.477 e. The van der Waals surface area contributed by atoms with Crippen LogP contribution >= 0.6 is 0 Å². The first kappa shape index (κ1) is 7.78. The van der Waals surface area contributed by atoms with Crippen molar-refractivity contribution in [2.75, 3.05) is 19.8 Å². The zero-order chi connectivity index (χ0) is 8.10. The molecular weight excluding hydrogens is 146 g/mol. The molecule has 0 saturated carbocycles. The topological polar surface area (TPSA) is 47.9 Å². The molecule has 4 heteroatoms. The van der Waals surface area contributed by atoms with Crippen molar-refractivity contribution < 1.29 is 14.3 Å². The van der Waals surface area contributed by atoms with Crippen LogP contribution in [-0.2, 0) is 14.3 Å². The summed E-state index contributed by atoms with van der Waals surface area (Å²) in [6, 6.07) is 0. The number of ether oxygens (including phenoxy) is 2. The molecule has 1 aliphatic rings. The predicted molar refractivity (Wildman–Crippen MR) is 39.4 cm³/mol. The highest BCUT2D eigenvalue weighted by Crippen LogP contribution is 1.94. The molecule has 1 aliphatic heterocycles. The van der Waals surface area contributed by atoms with Gasteiger partial charge in [0.2, 0.25) is 5.90 Å². The molecule has 0 aliphatic carbocycles. The van der Waals surface area contributed by atoms with Gasteiger partial charge in [0.1, 0.15) is 6.61 Å². The Balaban J connectivity index is 2.21. The summed E-state index contributed by atoms with van der Waals surface area (Å²) >= 11 is 0. The first-order valence-electron chi connectivity index (χ1n) is 3.28. The normalized spacial score (nSPS) is 15.1. The Labute approximate surface area is 64.5 Å². The third kappa shape index (κ3) is 2.41. The second-order valence-corrected chi connectivity index (χ2v) is 1.94. The number of hydrogen-bond acceptors (Lipinski definition) is 4. The summed E-state index contributed by atoms with van der Waals surface area (Å²) in [6.45, 7) is 4.60. The summed E-state index contributed by atoms with van der Waals surface area (Å²) in [5, 5.41) is 0. The van der Waals surface area contributed by atoms with E-state index in [0.717, 1.165) is 6.08 Å². The molecule has 0 aromatic rings. The second-order valence-electron chi connectivity index (χ2n) is 1.94. The molecule has 0 aromatic heterocycles. The highest BCUT2D eigenvalue weighted by molar-refractivity contribution is 5.85. The van der Waals surface area contributed by atoms with Crippen LogP contribution in [0, 0.1) is 0 Å². The number of nitrogens with zero attached hydrogens (tertiary/aromatic N) is 1. The number of carbonyl (C=O) groups is 1. The highest BCUT2D eigenvalue weighted by atomic mass is 16.6. The van der Waals surface area contributed by atoms with Gasteiger partial charge < -0.3 is 9.47 Å². The summed E-state index contributed by atoms with van der Waals surface area (Å²) in [7, 11) is 0. The smallest absolute Gasteiger partial charge is 0.330 e. The van der Waals surface area contributed by atoms with Crippen LogP contribution in [0.4, 0.5) is 0 Å². The molecule has 0 amide bonds. The van der Waals surface area contributed by atoms with E-state index < -0.39 is 5.97 Å².